The smallest absolute Gasteiger partial charge is 0.290 e. The van der Waals surface area contributed by atoms with Crippen molar-refractivity contribution in [1.82, 2.24) is 5.32 Å². The van der Waals surface area contributed by atoms with Crippen LogP contribution in [0.2, 0.25) is 0 Å². The van der Waals surface area contributed by atoms with Crippen molar-refractivity contribution >= 4 is 47.1 Å². The third-order valence-electron chi connectivity index (χ3n) is 5.85. The number of rotatable bonds is 3. The van der Waals surface area contributed by atoms with Gasteiger partial charge in [-0.1, -0.05) is 37.5 Å². The molecule has 1 aromatic rings. The lowest BCUT2D eigenvalue weighted by atomic mass is 9.82. The minimum Gasteiger partial charge on any atom is -0.369 e. The molecule has 0 bridgehead atoms. The summed E-state index contributed by atoms with van der Waals surface area (Å²) in [5, 5.41) is 2.06. The summed E-state index contributed by atoms with van der Waals surface area (Å²) in [5.74, 6) is 0.270. The van der Waals surface area contributed by atoms with E-state index in [2.05, 4.69) is 28.4 Å². The Morgan fingerprint density at radius 3 is 2.57 bits per heavy atom. The largest absolute Gasteiger partial charge is 0.369 e. The second-order valence-electron chi connectivity index (χ2n) is 7.82. The first kappa shape index (κ1) is 21.2. The Morgan fingerprint density at radius 1 is 1.11 bits per heavy atom. The minimum absolute atomic E-state index is 0. The lowest BCUT2D eigenvalue weighted by Gasteiger charge is -2.37. The van der Waals surface area contributed by atoms with Gasteiger partial charge in [0.25, 0.3) is 11.1 Å². The van der Waals surface area contributed by atoms with Gasteiger partial charge in [-0.2, -0.15) is 0 Å². The first-order valence-electron chi connectivity index (χ1n) is 10.00. The molecular formula is C21H28ClN3O2S. The highest BCUT2D eigenvalue weighted by molar-refractivity contribution is 8.18. The second kappa shape index (κ2) is 9.33. The van der Waals surface area contributed by atoms with Gasteiger partial charge in [-0.05, 0) is 60.6 Å². The Morgan fingerprint density at radius 2 is 1.89 bits per heavy atom. The third-order valence-corrected chi connectivity index (χ3v) is 6.66. The molecule has 0 unspecified atom stereocenters. The Kier molecular flexibility index (Phi) is 7.07. The zero-order chi connectivity index (χ0) is 18.8. The van der Waals surface area contributed by atoms with Crippen molar-refractivity contribution in [1.29, 1.82) is 0 Å². The van der Waals surface area contributed by atoms with Crippen LogP contribution in [0.5, 0.6) is 0 Å². The lowest BCUT2D eigenvalue weighted by Crippen LogP contribution is -2.43. The fourth-order valence-electron chi connectivity index (χ4n) is 4.58. The predicted octanol–water partition coefficient (Wildman–Crippen LogP) is 4.41. The molecule has 3 fully saturated rings. The molecule has 2 amide bonds. The standard InChI is InChI=1S/C21H27N3O2S.ClH/c22-16-9-5-11-24(13-16)19-15(12-18-20(25)23-21(26)27-18)8-4-10-17(19)14-6-2-1-3-7-14;/h4,8,10,12,14,16H,1-3,5-7,9,11,13,22H2,(H,23,25,26);1H/b18-12-;/t16-;/m1./s1. The van der Waals surface area contributed by atoms with Crippen molar-refractivity contribution in [3.8, 4) is 0 Å². The molecule has 0 spiro atoms. The van der Waals surface area contributed by atoms with E-state index in [1.54, 1.807) is 0 Å². The van der Waals surface area contributed by atoms with Crippen LogP contribution in [0.4, 0.5) is 10.5 Å². The number of hydrogen-bond acceptors (Lipinski definition) is 5. The Labute approximate surface area is 176 Å². The Balaban J connectivity index is 0.00000225. The van der Waals surface area contributed by atoms with Gasteiger partial charge in [0.2, 0.25) is 0 Å². The zero-order valence-electron chi connectivity index (χ0n) is 16.0. The molecule has 1 saturated carbocycles. The van der Waals surface area contributed by atoms with E-state index >= 15 is 0 Å². The van der Waals surface area contributed by atoms with Crippen molar-refractivity contribution in [3.63, 3.8) is 0 Å². The van der Waals surface area contributed by atoms with Gasteiger partial charge in [-0.3, -0.25) is 14.9 Å². The number of carbonyl (C=O) groups excluding carboxylic acids is 2. The van der Waals surface area contributed by atoms with Gasteiger partial charge >= 0.3 is 0 Å². The highest BCUT2D eigenvalue weighted by Gasteiger charge is 2.28. The van der Waals surface area contributed by atoms with E-state index in [9.17, 15) is 9.59 Å². The molecule has 1 aromatic carbocycles. The average molecular weight is 422 g/mol. The first-order valence-corrected chi connectivity index (χ1v) is 10.8. The number of piperidine rings is 1. The van der Waals surface area contributed by atoms with E-state index in [1.165, 1.54) is 43.4 Å². The minimum atomic E-state index is -0.297. The molecule has 2 aliphatic heterocycles. The summed E-state index contributed by atoms with van der Waals surface area (Å²) < 4.78 is 0. The second-order valence-corrected chi connectivity index (χ2v) is 8.84. The molecule has 3 N–H and O–H groups in total. The Bertz CT molecular complexity index is 777. The van der Waals surface area contributed by atoms with Gasteiger partial charge in [0, 0.05) is 24.8 Å². The summed E-state index contributed by atoms with van der Waals surface area (Å²) in [6.45, 7) is 1.84. The molecule has 0 radical (unpaired) electrons. The maximum absolute atomic E-state index is 12.1. The summed E-state index contributed by atoms with van der Waals surface area (Å²) in [4.78, 5) is 26.5. The van der Waals surface area contributed by atoms with E-state index in [-0.39, 0.29) is 29.6 Å². The van der Waals surface area contributed by atoms with Gasteiger partial charge in [0.1, 0.15) is 0 Å². The summed E-state index contributed by atoms with van der Waals surface area (Å²) in [6.07, 6.45) is 10.4. The van der Waals surface area contributed by atoms with Crippen LogP contribution in [0.25, 0.3) is 6.08 Å². The van der Waals surface area contributed by atoms with Crippen LogP contribution >= 0.6 is 24.2 Å². The molecular weight excluding hydrogens is 394 g/mol. The van der Waals surface area contributed by atoms with Crippen LogP contribution in [0.15, 0.2) is 23.1 Å². The van der Waals surface area contributed by atoms with Crippen LogP contribution in [-0.2, 0) is 4.79 Å². The highest BCUT2D eigenvalue weighted by atomic mass is 35.5. The topological polar surface area (TPSA) is 75.4 Å². The lowest BCUT2D eigenvalue weighted by molar-refractivity contribution is -0.115. The zero-order valence-corrected chi connectivity index (χ0v) is 17.6. The molecule has 3 aliphatic rings. The number of halogens is 1. The normalized spacial score (nSPS) is 25.0. The molecule has 5 nitrogen and oxygen atoms in total. The van der Waals surface area contributed by atoms with Crippen LogP contribution in [0.3, 0.4) is 0 Å². The van der Waals surface area contributed by atoms with Crippen LogP contribution in [0, 0.1) is 0 Å². The van der Waals surface area contributed by atoms with Gasteiger partial charge in [-0.25, -0.2) is 0 Å². The number of benzene rings is 1. The number of para-hydroxylation sites is 1. The SMILES string of the molecule is Cl.N[C@@H]1CCCN(c2c(/C=C3\SC(=O)NC3=O)cccc2C2CCCCC2)C1. The van der Waals surface area contributed by atoms with Crippen molar-refractivity contribution in [3.05, 3.63) is 34.2 Å². The van der Waals surface area contributed by atoms with Crippen molar-refractivity contribution in [2.45, 2.75) is 56.9 Å². The number of anilines is 1. The molecule has 1 aliphatic carbocycles. The van der Waals surface area contributed by atoms with Gasteiger partial charge in [-0.15, -0.1) is 12.4 Å². The summed E-state index contributed by atoms with van der Waals surface area (Å²) >= 11 is 0.984. The molecule has 152 valence electrons. The van der Waals surface area contributed by atoms with E-state index in [4.69, 9.17) is 5.73 Å². The number of nitrogens with two attached hydrogens (primary N) is 1. The summed E-state index contributed by atoms with van der Waals surface area (Å²) in [6, 6.07) is 6.58. The van der Waals surface area contributed by atoms with Crippen LogP contribution < -0.4 is 16.0 Å². The number of imide groups is 1. The number of nitrogens with one attached hydrogen (secondary N) is 1. The van der Waals surface area contributed by atoms with Gasteiger partial charge < -0.3 is 10.6 Å². The quantitative estimate of drug-likeness (QED) is 0.707. The maximum atomic E-state index is 12.1. The van der Waals surface area contributed by atoms with Crippen molar-refractivity contribution in [2.75, 3.05) is 18.0 Å². The molecule has 2 saturated heterocycles. The molecule has 0 aromatic heterocycles. The van der Waals surface area contributed by atoms with Gasteiger partial charge in [0.15, 0.2) is 0 Å². The number of hydrogen-bond donors (Lipinski definition) is 2. The number of carbonyl (C=O) groups is 2. The third kappa shape index (κ3) is 4.56. The fourth-order valence-corrected chi connectivity index (χ4v) is 5.25. The molecule has 1 atom stereocenters. The maximum Gasteiger partial charge on any atom is 0.290 e. The average Bonchev–Trinajstić information content (AvgIpc) is 2.99. The number of nitrogens with zero attached hydrogens (tertiary/aromatic N) is 1. The Hall–Kier alpha value is -1.50. The van der Waals surface area contributed by atoms with Crippen LogP contribution in [0.1, 0.15) is 62.0 Å². The van der Waals surface area contributed by atoms with E-state index in [1.807, 2.05) is 6.08 Å². The van der Waals surface area contributed by atoms with Crippen molar-refractivity contribution in [2.24, 2.45) is 5.73 Å². The van der Waals surface area contributed by atoms with E-state index < -0.39 is 0 Å². The highest BCUT2D eigenvalue weighted by Crippen LogP contribution is 2.41. The predicted molar refractivity (Wildman–Crippen MR) is 118 cm³/mol. The van der Waals surface area contributed by atoms with Crippen molar-refractivity contribution < 1.29 is 9.59 Å². The first-order chi connectivity index (χ1) is 13.1. The fraction of sp³-hybridized carbons (Fsp3) is 0.524. The monoisotopic (exact) mass is 421 g/mol. The molecule has 2 heterocycles. The summed E-state index contributed by atoms with van der Waals surface area (Å²) in [5.41, 5.74) is 9.91. The number of amides is 2. The molecule has 7 heteroatoms. The summed E-state index contributed by atoms with van der Waals surface area (Å²) in [7, 11) is 0. The molecule has 4 rings (SSSR count). The van der Waals surface area contributed by atoms with Gasteiger partial charge in [0.05, 0.1) is 4.91 Å². The van der Waals surface area contributed by atoms with Crippen LogP contribution in [-0.4, -0.2) is 30.3 Å². The number of thioether (sulfide) groups is 1. The van der Waals surface area contributed by atoms with E-state index in [0.717, 1.165) is 43.3 Å². The molecule has 28 heavy (non-hydrogen) atoms. The van der Waals surface area contributed by atoms with E-state index in [0.29, 0.717) is 10.8 Å².